The van der Waals surface area contributed by atoms with E-state index in [2.05, 4.69) is 22.0 Å². The maximum atomic E-state index is 13.3. The number of fused-ring (bicyclic) bond motifs is 1. The van der Waals surface area contributed by atoms with Gasteiger partial charge in [-0.25, -0.2) is 4.98 Å². The van der Waals surface area contributed by atoms with Gasteiger partial charge in [0.1, 0.15) is 5.01 Å². The van der Waals surface area contributed by atoms with E-state index in [1.807, 2.05) is 32.4 Å². The van der Waals surface area contributed by atoms with E-state index in [1.165, 1.54) is 21.3 Å². The van der Waals surface area contributed by atoms with Crippen LogP contribution in [0, 0.1) is 0 Å². The lowest BCUT2D eigenvalue weighted by Crippen LogP contribution is -2.11. The zero-order valence-electron chi connectivity index (χ0n) is 19.9. The van der Waals surface area contributed by atoms with Crippen molar-refractivity contribution in [1.29, 1.82) is 0 Å². The number of rotatable bonds is 9. The Morgan fingerprint density at radius 3 is 2.29 bits per heavy atom. The van der Waals surface area contributed by atoms with Crippen molar-refractivity contribution in [1.82, 2.24) is 14.9 Å². The summed E-state index contributed by atoms with van der Waals surface area (Å²) in [6.45, 7) is 0.756. The minimum Gasteiger partial charge on any atom is -0.493 e. The molecule has 34 heavy (non-hydrogen) atoms. The fraction of sp³-hybridized carbons (Fsp3) is 0.269. The van der Waals surface area contributed by atoms with Gasteiger partial charge in [-0.2, -0.15) is 0 Å². The molecule has 0 N–H and O–H groups in total. The van der Waals surface area contributed by atoms with Gasteiger partial charge in [0.15, 0.2) is 17.3 Å². The molecule has 0 aliphatic rings. The first-order chi connectivity index (χ1) is 16.4. The molecule has 0 aliphatic heterocycles. The normalized spacial score (nSPS) is 11.1. The second-order valence-electron chi connectivity index (χ2n) is 8.15. The number of aromatic nitrogens is 2. The summed E-state index contributed by atoms with van der Waals surface area (Å²) >= 11 is 1.60. The van der Waals surface area contributed by atoms with Crippen molar-refractivity contribution in [2.75, 3.05) is 35.4 Å². The molecule has 8 heteroatoms. The van der Waals surface area contributed by atoms with Crippen LogP contribution in [0.4, 0.5) is 0 Å². The fourth-order valence-corrected chi connectivity index (χ4v) is 4.80. The number of Topliss-reactive ketones (excluding diaryl/α,β-unsaturated/α-hetero) is 1. The van der Waals surface area contributed by atoms with Gasteiger partial charge in [0.2, 0.25) is 5.75 Å². The van der Waals surface area contributed by atoms with Crippen molar-refractivity contribution >= 4 is 27.3 Å². The van der Waals surface area contributed by atoms with E-state index < -0.39 is 0 Å². The number of hydrogen-bond donors (Lipinski definition) is 0. The molecule has 0 fully saturated rings. The van der Waals surface area contributed by atoms with Gasteiger partial charge < -0.3 is 19.1 Å². The number of hydrogen-bond acceptors (Lipinski definition) is 8. The van der Waals surface area contributed by atoms with Crippen LogP contribution in [-0.4, -0.2) is 56.1 Å². The quantitative estimate of drug-likeness (QED) is 0.318. The van der Waals surface area contributed by atoms with E-state index in [0.717, 1.165) is 38.5 Å². The smallest absolute Gasteiger partial charge is 0.203 e. The monoisotopic (exact) mass is 477 g/mol. The Labute approximate surface area is 202 Å². The van der Waals surface area contributed by atoms with Gasteiger partial charge in [0.25, 0.3) is 0 Å². The van der Waals surface area contributed by atoms with Crippen molar-refractivity contribution < 1.29 is 19.0 Å². The van der Waals surface area contributed by atoms with E-state index in [0.29, 0.717) is 22.8 Å². The van der Waals surface area contributed by atoms with Gasteiger partial charge in [-0.3, -0.25) is 9.78 Å². The maximum absolute atomic E-state index is 13.3. The summed E-state index contributed by atoms with van der Waals surface area (Å²) in [7, 11) is 8.66. The second kappa shape index (κ2) is 10.2. The van der Waals surface area contributed by atoms with Crippen LogP contribution in [0.15, 0.2) is 48.8 Å². The van der Waals surface area contributed by atoms with Crippen LogP contribution in [0.5, 0.6) is 17.2 Å². The first-order valence-electron chi connectivity index (χ1n) is 10.7. The lowest BCUT2D eigenvalue weighted by molar-refractivity contribution is 0.0992. The van der Waals surface area contributed by atoms with Crippen LogP contribution in [0.1, 0.15) is 21.5 Å². The molecule has 0 bridgehead atoms. The number of carbonyl (C=O) groups excluding carboxylic acids is 1. The molecule has 0 atom stereocenters. The molecule has 0 spiro atoms. The first-order valence-corrected chi connectivity index (χ1v) is 11.5. The lowest BCUT2D eigenvalue weighted by Gasteiger charge is -2.15. The lowest BCUT2D eigenvalue weighted by atomic mass is 9.98. The minimum atomic E-state index is -0.0410. The highest BCUT2D eigenvalue weighted by atomic mass is 32.1. The van der Waals surface area contributed by atoms with Crippen molar-refractivity contribution in [2.45, 2.75) is 13.0 Å². The molecule has 2 heterocycles. The summed E-state index contributed by atoms with van der Waals surface area (Å²) in [6, 6.07) is 11.5. The fourth-order valence-electron chi connectivity index (χ4n) is 3.88. The molecular weight excluding hydrogens is 450 g/mol. The average molecular weight is 478 g/mol. The van der Waals surface area contributed by atoms with Gasteiger partial charge in [0, 0.05) is 36.5 Å². The molecule has 2 aromatic heterocycles. The van der Waals surface area contributed by atoms with Gasteiger partial charge in [0.05, 0.1) is 31.5 Å². The first kappa shape index (κ1) is 23.7. The molecule has 0 saturated heterocycles. The van der Waals surface area contributed by atoms with Crippen LogP contribution < -0.4 is 14.2 Å². The largest absolute Gasteiger partial charge is 0.493 e. The standard InChI is InChI=1S/C26H27N3O4S/c1-29(2)15-17-8-16(9-19(10-17)26-28-20-6-7-27-14-24(20)34-26)11-21(30)18-12-22(31-3)25(33-5)23(13-18)32-4/h6-10,12-14H,11,15H2,1-5H3. The van der Waals surface area contributed by atoms with E-state index >= 15 is 0 Å². The molecule has 4 rings (SSSR count). The van der Waals surface area contributed by atoms with E-state index in [4.69, 9.17) is 19.2 Å². The third kappa shape index (κ3) is 5.03. The third-order valence-electron chi connectivity index (χ3n) is 5.34. The zero-order valence-corrected chi connectivity index (χ0v) is 20.7. The number of benzene rings is 2. The van der Waals surface area contributed by atoms with Crippen LogP contribution in [0.2, 0.25) is 0 Å². The molecule has 0 aliphatic carbocycles. The van der Waals surface area contributed by atoms with Gasteiger partial charge in [-0.15, -0.1) is 11.3 Å². The SMILES string of the molecule is COc1cc(C(=O)Cc2cc(CN(C)C)cc(-c3nc4ccncc4s3)c2)cc(OC)c1OC. The molecular formula is C26H27N3O4S. The summed E-state index contributed by atoms with van der Waals surface area (Å²) in [6.07, 6.45) is 3.81. The highest BCUT2D eigenvalue weighted by molar-refractivity contribution is 7.21. The molecule has 0 unspecified atom stereocenters. The summed E-state index contributed by atoms with van der Waals surface area (Å²) in [5.41, 5.74) is 4.45. The number of ether oxygens (including phenoxy) is 3. The van der Waals surface area contributed by atoms with E-state index in [-0.39, 0.29) is 12.2 Å². The minimum absolute atomic E-state index is 0.0410. The Morgan fingerprint density at radius 2 is 1.68 bits per heavy atom. The van der Waals surface area contributed by atoms with Crippen molar-refractivity contribution in [3.63, 3.8) is 0 Å². The van der Waals surface area contributed by atoms with Crippen LogP contribution in [0.25, 0.3) is 20.8 Å². The van der Waals surface area contributed by atoms with Crippen molar-refractivity contribution in [2.24, 2.45) is 0 Å². The van der Waals surface area contributed by atoms with Gasteiger partial charge in [-0.1, -0.05) is 6.07 Å². The summed E-state index contributed by atoms with van der Waals surface area (Å²) in [4.78, 5) is 24.4. The third-order valence-corrected chi connectivity index (χ3v) is 6.40. The van der Waals surface area contributed by atoms with Crippen LogP contribution in [-0.2, 0) is 13.0 Å². The van der Waals surface area contributed by atoms with Crippen LogP contribution >= 0.6 is 11.3 Å². The second-order valence-corrected chi connectivity index (χ2v) is 9.18. The number of methoxy groups -OCH3 is 3. The molecule has 2 aromatic carbocycles. The Bertz CT molecular complexity index is 1270. The topological polar surface area (TPSA) is 73.8 Å². The molecule has 0 saturated carbocycles. The predicted molar refractivity (Wildman–Crippen MR) is 134 cm³/mol. The highest BCUT2D eigenvalue weighted by Crippen LogP contribution is 2.38. The average Bonchev–Trinajstić information content (AvgIpc) is 3.27. The molecule has 4 aromatic rings. The van der Waals surface area contributed by atoms with E-state index in [1.54, 1.807) is 29.7 Å². The summed E-state index contributed by atoms with van der Waals surface area (Å²) in [5, 5.41) is 0.907. The zero-order chi connectivity index (χ0) is 24.2. The van der Waals surface area contributed by atoms with E-state index in [9.17, 15) is 4.79 Å². The number of thiazole rings is 1. The Kier molecular flexibility index (Phi) is 7.09. The molecule has 0 amide bonds. The number of ketones is 1. The molecule has 176 valence electrons. The van der Waals surface area contributed by atoms with Crippen LogP contribution in [0.3, 0.4) is 0 Å². The number of carbonyl (C=O) groups is 1. The Hall–Kier alpha value is -3.49. The summed E-state index contributed by atoms with van der Waals surface area (Å²) < 4.78 is 17.2. The van der Waals surface area contributed by atoms with Crippen molar-refractivity contribution in [3.05, 3.63) is 65.5 Å². The highest BCUT2D eigenvalue weighted by Gasteiger charge is 2.18. The maximum Gasteiger partial charge on any atom is 0.203 e. The number of pyridine rings is 1. The Morgan fingerprint density at radius 1 is 0.971 bits per heavy atom. The Balaban J connectivity index is 1.71. The summed E-state index contributed by atoms with van der Waals surface area (Å²) in [5.74, 6) is 1.33. The van der Waals surface area contributed by atoms with Gasteiger partial charge >= 0.3 is 0 Å². The predicted octanol–water partition coefficient (Wildman–Crippen LogP) is 4.87. The molecule has 0 radical (unpaired) electrons. The molecule has 7 nitrogen and oxygen atoms in total. The van der Waals surface area contributed by atoms with Crippen molar-refractivity contribution in [3.8, 4) is 27.8 Å². The van der Waals surface area contributed by atoms with Gasteiger partial charge in [-0.05, 0) is 55.6 Å². The number of nitrogens with zero attached hydrogens (tertiary/aromatic N) is 3.